The van der Waals surface area contributed by atoms with E-state index in [9.17, 15) is 19.7 Å². The molecule has 2 aliphatic rings. The lowest BCUT2D eigenvalue weighted by Gasteiger charge is -2.33. The number of thioether (sulfide) groups is 1. The lowest BCUT2D eigenvalue weighted by molar-refractivity contribution is -0.480. The number of nitro groups is 1. The van der Waals surface area contributed by atoms with Gasteiger partial charge in [-0.1, -0.05) is 0 Å². The molecule has 0 unspecified atom stereocenters. The quantitative estimate of drug-likeness (QED) is 0.441. The van der Waals surface area contributed by atoms with Crippen LogP contribution in [0.15, 0.2) is 10.6 Å². The van der Waals surface area contributed by atoms with E-state index in [0.29, 0.717) is 24.2 Å². The van der Waals surface area contributed by atoms with Crippen LogP contribution in [-0.4, -0.2) is 38.7 Å². The summed E-state index contributed by atoms with van der Waals surface area (Å²) in [5.74, 6) is -1.33. The monoisotopic (exact) mass is 258 g/mol. The zero-order valence-corrected chi connectivity index (χ0v) is 9.61. The van der Waals surface area contributed by atoms with Gasteiger partial charge in [0.05, 0.1) is 11.8 Å². The van der Waals surface area contributed by atoms with Gasteiger partial charge in [-0.3, -0.25) is 19.8 Å². The Hall–Kier alpha value is -1.57. The molecule has 2 heterocycles. The minimum absolute atomic E-state index is 0.0135. The van der Waals surface area contributed by atoms with Crippen molar-refractivity contribution in [2.24, 2.45) is 0 Å². The third-order valence-corrected chi connectivity index (χ3v) is 3.97. The highest BCUT2D eigenvalue weighted by Gasteiger charge is 2.48. The van der Waals surface area contributed by atoms with Crippen molar-refractivity contribution in [2.75, 3.05) is 6.54 Å². The molecule has 0 aromatic rings. The summed E-state index contributed by atoms with van der Waals surface area (Å²) in [5.41, 5.74) is 0.0135. The molecule has 0 radical (unpaired) electrons. The summed E-state index contributed by atoms with van der Waals surface area (Å²) in [4.78, 5) is 33.9. The standard InChI is InChI=1S/C9H10N2O5S/c12-6-4-7-11(6)8(9(13)14)5(17-7)2-1-3-10(15)16/h7H,1-4H2,(H,13,14)/t7-/m0/s1. The number of hydrogen-bond donors (Lipinski definition) is 1. The molecule has 0 aromatic carbocycles. The molecular weight excluding hydrogens is 248 g/mol. The number of carbonyl (C=O) groups excluding carboxylic acids is 1. The zero-order valence-electron chi connectivity index (χ0n) is 8.79. The first kappa shape index (κ1) is 11.9. The second-order valence-corrected chi connectivity index (χ2v) is 5.05. The Balaban J connectivity index is 2.07. The highest BCUT2D eigenvalue weighted by atomic mass is 32.2. The summed E-state index contributed by atoms with van der Waals surface area (Å²) in [6.45, 7) is -0.185. The molecule has 1 saturated heterocycles. The van der Waals surface area contributed by atoms with E-state index in [1.807, 2.05) is 0 Å². The Morgan fingerprint density at radius 1 is 1.65 bits per heavy atom. The molecule has 1 atom stereocenters. The van der Waals surface area contributed by atoms with Crippen LogP contribution in [0.25, 0.3) is 0 Å². The van der Waals surface area contributed by atoms with Crippen LogP contribution in [0.1, 0.15) is 19.3 Å². The number of allylic oxidation sites excluding steroid dienone is 1. The van der Waals surface area contributed by atoms with Crippen LogP contribution in [-0.2, 0) is 9.59 Å². The number of amides is 1. The van der Waals surface area contributed by atoms with Crippen LogP contribution in [0.4, 0.5) is 0 Å². The van der Waals surface area contributed by atoms with Crippen molar-refractivity contribution in [3.05, 3.63) is 20.7 Å². The number of β-lactam (4-membered cyclic amide) rings is 1. The summed E-state index contributed by atoms with van der Waals surface area (Å²) < 4.78 is 0. The number of carboxylic acid groups (broad SMARTS) is 1. The highest BCUT2D eigenvalue weighted by Crippen LogP contribution is 2.47. The lowest BCUT2D eigenvalue weighted by atomic mass is 10.1. The maximum atomic E-state index is 11.3. The van der Waals surface area contributed by atoms with E-state index >= 15 is 0 Å². The van der Waals surface area contributed by atoms with Gasteiger partial charge >= 0.3 is 5.97 Å². The minimum atomic E-state index is -1.14. The van der Waals surface area contributed by atoms with Crippen molar-refractivity contribution >= 4 is 23.6 Å². The summed E-state index contributed by atoms with van der Waals surface area (Å²) in [6.07, 6.45) is 0.981. The number of nitrogens with zero attached hydrogens (tertiary/aromatic N) is 2. The van der Waals surface area contributed by atoms with Crippen molar-refractivity contribution in [1.82, 2.24) is 4.90 Å². The van der Waals surface area contributed by atoms with E-state index in [4.69, 9.17) is 5.11 Å². The van der Waals surface area contributed by atoms with Gasteiger partial charge in [0.1, 0.15) is 5.70 Å². The summed E-state index contributed by atoms with van der Waals surface area (Å²) in [5, 5.41) is 19.1. The van der Waals surface area contributed by atoms with Gasteiger partial charge in [0.25, 0.3) is 0 Å². The molecule has 8 heteroatoms. The SMILES string of the molecule is O=C(O)C1=C(CCC[N+](=O)[O-])S[C@H]2CC(=O)N12. The van der Waals surface area contributed by atoms with Gasteiger partial charge in [-0.25, -0.2) is 4.79 Å². The van der Waals surface area contributed by atoms with Gasteiger partial charge in [-0.2, -0.15) is 0 Å². The molecule has 17 heavy (non-hydrogen) atoms. The van der Waals surface area contributed by atoms with Crippen molar-refractivity contribution in [2.45, 2.75) is 24.6 Å². The Labute approximate surface area is 101 Å². The molecular formula is C9H10N2O5S. The van der Waals surface area contributed by atoms with Gasteiger partial charge in [0.2, 0.25) is 12.5 Å². The molecule has 92 valence electrons. The Kier molecular flexibility index (Phi) is 3.05. The van der Waals surface area contributed by atoms with E-state index in [0.717, 1.165) is 0 Å². The smallest absolute Gasteiger partial charge is 0.353 e. The second kappa shape index (κ2) is 4.36. The third kappa shape index (κ3) is 2.12. The molecule has 0 aliphatic carbocycles. The maximum Gasteiger partial charge on any atom is 0.353 e. The molecule has 2 rings (SSSR count). The molecule has 0 saturated carbocycles. The molecule has 0 aromatic heterocycles. The Bertz CT molecular complexity index is 433. The number of aliphatic carboxylic acids is 1. The zero-order chi connectivity index (χ0) is 12.6. The Morgan fingerprint density at radius 3 is 2.88 bits per heavy atom. The maximum absolute atomic E-state index is 11.3. The summed E-state index contributed by atoms with van der Waals surface area (Å²) >= 11 is 1.33. The van der Waals surface area contributed by atoms with E-state index in [-0.39, 0.29) is 23.5 Å². The number of hydrogen-bond acceptors (Lipinski definition) is 5. The lowest BCUT2D eigenvalue weighted by Crippen LogP contribution is -2.48. The number of fused-ring (bicyclic) bond motifs is 1. The number of carboxylic acids is 1. The predicted molar refractivity (Wildman–Crippen MR) is 58.6 cm³/mol. The number of carbonyl (C=O) groups is 2. The van der Waals surface area contributed by atoms with Gasteiger partial charge in [-0.05, 0) is 6.42 Å². The van der Waals surface area contributed by atoms with E-state index in [1.54, 1.807) is 0 Å². The first-order valence-electron chi connectivity index (χ1n) is 5.07. The first-order chi connectivity index (χ1) is 8.00. The fourth-order valence-corrected chi connectivity index (χ4v) is 3.32. The van der Waals surface area contributed by atoms with Gasteiger partial charge < -0.3 is 5.11 Å². The van der Waals surface area contributed by atoms with Crippen LogP contribution >= 0.6 is 11.8 Å². The molecule has 0 spiro atoms. The van der Waals surface area contributed by atoms with Gasteiger partial charge in [0, 0.05) is 16.2 Å². The van der Waals surface area contributed by atoms with Crippen molar-refractivity contribution in [3.8, 4) is 0 Å². The van der Waals surface area contributed by atoms with E-state index < -0.39 is 10.9 Å². The second-order valence-electron chi connectivity index (χ2n) is 3.78. The first-order valence-corrected chi connectivity index (χ1v) is 5.95. The fraction of sp³-hybridized carbons (Fsp3) is 0.556. The molecule has 0 bridgehead atoms. The number of rotatable bonds is 5. The highest BCUT2D eigenvalue weighted by molar-refractivity contribution is 8.04. The predicted octanol–water partition coefficient (Wildman–Crippen LogP) is 0.645. The Morgan fingerprint density at radius 2 is 2.35 bits per heavy atom. The largest absolute Gasteiger partial charge is 0.477 e. The topological polar surface area (TPSA) is 101 Å². The van der Waals surface area contributed by atoms with E-state index in [2.05, 4.69) is 0 Å². The molecule has 1 fully saturated rings. The van der Waals surface area contributed by atoms with Crippen LogP contribution in [0.5, 0.6) is 0 Å². The van der Waals surface area contributed by atoms with Crippen LogP contribution < -0.4 is 0 Å². The molecule has 1 amide bonds. The minimum Gasteiger partial charge on any atom is -0.477 e. The molecule has 1 N–H and O–H groups in total. The third-order valence-electron chi connectivity index (χ3n) is 2.64. The average Bonchev–Trinajstić information content (AvgIpc) is 2.50. The van der Waals surface area contributed by atoms with Crippen molar-refractivity contribution < 1.29 is 19.6 Å². The normalized spacial score (nSPS) is 22.5. The van der Waals surface area contributed by atoms with Crippen LogP contribution in [0.2, 0.25) is 0 Å². The average molecular weight is 258 g/mol. The summed E-state index contributed by atoms with van der Waals surface area (Å²) in [7, 11) is 0. The van der Waals surface area contributed by atoms with Crippen LogP contribution in [0, 0.1) is 10.1 Å². The fourth-order valence-electron chi connectivity index (χ4n) is 1.87. The summed E-state index contributed by atoms with van der Waals surface area (Å²) in [6, 6.07) is 0. The van der Waals surface area contributed by atoms with Gasteiger partial charge in [-0.15, -0.1) is 11.8 Å². The van der Waals surface area contributed by atoms with Crippen LogP contribution in [0.3, 0.4) is 0 Å². The van der Waals surface area contributed by atoms with E-state index in [1.165, 1.54) is 16.7 Å². The molecule has 2 aliphatic heterocycles. The van der Waals surface area contributed by atoms with Gasteiger partial charge in [0.15, 0.2) is 0 Å². The molecule has 7 nitrogen and oxygen atoms in total. The van der Waals surface area contributed by atoms with Crippen molar-refractivity contribution in [3.63, 3.8) is 0 Å². The van der Waals surface area contributed by atoms with Crippen molar-refractivity contribution in [1.29, 1.82) is 0 Å².